The van der Waals surface area contributed by atoms with Crippen molar-refractivity contribution in [3.63, 3.8) is 0 Å². The van der Waals surface area contributed by atoms with Crippen LogP contribution in [0.15, 0.2) is 36.5 Å². The summed E-state index contributed by atoms with van der Waals surface area (Å²) >= 11 is 0. The fourth-order valence-corrected chi connectivity index (χ4v) is 7.51. The molecular formula is C32H54N2O. The maximum absolute atomic E-state index is 10.8. The normalized spacial score (nSPS) is 41.6. The van der Waals surface area contributed by atoms with E-state index in [2.05, 4.69) is 46.3 Å². The highest BCUT2D eigenvalue weighted by Gasteiger charge is 2.38. The first-order chi connectivity index (χ1) is 17.3. The van der Waals surface area contributed by atoms with Crippen molar-refractivity contribution in [2.24, 2.45) is 23.7 Å². The minimum atomic E-state index is -0.328. The average Bonchev–Trinajstić information content (AvgIpc) is 2.85. The highest BCUT2D eigenvalue weighted by atomic mass is 16.3. The van der Waals surface area contributed by atoms with Gasteiger partial charge in [-0.15, -0.1) is 0 Å². The summed E-state index contributed by atoms with van der Waals surface area (Å²) in [5.74, 6) is 3.39. The molecule has 3 nitrogen and oxygen atoms in total. The first-order valence-corrected chi connectivity index (χ1v) is 15.4. The van der Waals surface area contributed by atoms with E-state index in [1.54, 1.807) is 0 Å². The summed E-state index contributed by atoms with van der Waals surface area (Å²) in [6, 6.07) is 0. The van der Waals surface area contributed by atoms with Crippen molar-refractivity contribution in [3.8, 4) is 0 Å². The summed E-state index contributed by atoms with van der Waals surface area (Å²) in [6.45, 7) is 7.11. The number of aliphatic hydroxyl groups excluding tert-OH is 1. The van der Waals surface area contributed by atoms with Gasteiger partial charge in [-0.25, -0.2) is 0 Å². The summed E-state index contributed by atoms with van der Waals surface area (Å²) in [4.78, 5) is 5.45. The van der Waals surface area contributed by atoms with Crippen LogP contribution in [-0.4, -0.2) is 60.3 Å². The molecule has 2 fully saturated rings. The Balaban J connectivity index is 1.51. The van der Waals surface area contributed by atoms with E-state index in [1.165, 1.54) is 123 Å². The number of aliphatic hydroxyl groups is 1. The van der Waals surface area contributed by atoms with Crippen molar-refractivity contribution in [3.05, 3.63) is 36.5 Å². The van der Waals surface area contributed by atoms with Gasteiger partial charge in [0.2, 0.25) is 0 Å². The first kappa shape index (κ1) is 27.1. The number of piperidine rings is 2. The molecule has 0 aliphatic carbocycles. The van der Waals surface area contributed by atoms with E-state index in [4.69, 9.17) is 0 Å². The molecule has 0 amide bonds. The maximum Gasteiger partial charge on any atom is 0.0847 e. The van der Waals surface area contributed by atoms with Crippen LogP contribution >= 0.6 is 0 Å². The lowest BCUT2D eigenvalue weighted by molar-refractivity contribution is 0.00962. The Bertz CT molecular complexity index is 670. The Hall–Kier alpha value is -0.900. The number of allylic oxidation sites excluding steroid dienone is 4. The predicted molar refractivity (Wildman–Crippen MR) is 150 cm³/mol. The number of hydrogen-bond donors (Lipinski definition) is 1. The minimum Gasteiger partial charge on any atom is -0.388 e. The molecule has 0 aromatic carbocycles. The summed E-state index contributed by atoms with van der Waals surface area (Å²) < 4.78 is 0. The topological polar surface area (TPSA) is 26.7 Å². The maximum atomic E-state index is 10.8. The molecule has 5 aliphatic heterocycles. The molecule has 3 heteroatoms. The molecule has 0 radical (unpaired) electrons. The molecule has 6 bridgehead atoms. The monoisotopic (exact) mass is 482 g/mol. The smallest absolute Gasteiger partial charge is 0.0847 e. The molecule has 4 unspecified atom stereocenters. The molecule has 5 heterocycles. The second kappa shape index (κ2) is 15.4. The van der Waals surface area contributed by atoms with Gasteiger partial charge in [0.1, 0.15) is 0 Å². The zero-order valence-electron chi connectivity index (χ0n) is 22.5. The van der Waals surface area contributed by atoms with Crippen LogP contribution in [0.25, 0.3) is 0 Å². The van der Waals surface area contributed by atoms with Crippen LogP contribution in [0.5, 0.6) is 0 Å². The van der Waals surface area contributed by atoms with Gasteiger partial charge < -0.3 is 10.0 Å². The molecule has 198 valence electrons. The van der Waals surface area contributed by atoms with Gasteiger partial charge in [-0.1, -0.05) is 68.6 Å². The zero-order chi connectivity index (χ0) is 24.1. The molecule has 0 aromatic heterocycles. The predicted octanol–water partition coefficient (Wildman–Crippen LogP) is 6.99. The third-order valence-electron chi connectivity index (χ3n) is 9.33. The van der Waals surface area contributed by atoms with Crippen LogP contribution in [0.4, 0.5) is 0 Å². The Morgan fingerprint density at radius 2 is 1.31 bits per heavy atom. The van der Waals surface area contributed by atoms with E-state index < -0.39 is 0 Å². The quantitative estimate of drug-likeness (QED) is 0.377. The van der Waals surface area contributed by atoms with Crippen molar-refractivity contribution < 1.29 is 5.11 Å². The summed E-state index contributed by atoms with van der Waals surface area (Å²) in [5, 5.41) is 10.8. The SMILES string of the molecule is OC1/C=C\C/C=C\CCCCC[C@H]2CN3CC/C=C\CCCCCCC4C[C@@H](CN(C1)C4)[C@H]2CC3. The van der Waals surface area contributed by atoms with Gasteiger partial charge >= 0.3 is 0 Å². The van der Waals surface area contributed by atoms with Crippen molar-refractivity contribution in [2.75, 3.05) is 39.3 Å². The van der Waals surface area contributed by atoms with Crippen LogP contribution in [-0.2, 0) is 0 Å². The standard InChI is InChI=1S/C32H54N2O/c35-31-19-15-11-7-2-1-6-10-14-18-29-25-33-21-16-12-8-4-3-5-9-13-17-28-23-30(32(29)20-22-33)26-34(24-28)27-31/h2,7-8,12,15,19,28-32,35H,1,3-6,9-11,13-14,16-18,20-27H2/b7-2-,12-8-,19-15-/t28?,29-,30-,31?,32-/m0/s1. The van der Waals surface area contributed by atoms with Crippen molar-refractivity contribution in [1.82, 2.24) is 9.80 Å². The molecule has 35 heavy (non-hydrogen) atoms. The fourth-order valence-electron chi connectivity index (χ4n) is 7.51. The lowest BCUT2D eigenvalue weighted by Crippen LogP contribution is -2.50. The van der Waals surface area contributed by atoms with Crippen LogP contribution in [0.1, 0.15) is 96.3 Å². The molecule has 2 saturated heterocycles. The first-order valence-electron chi connectivity index (χ1n) is 15.4. The summed E-state index contributed by atoms with van der Waals surface area (Å²) in [5.41, 5.74) is 0. The fraction of sp³-hybridized carbons (Fsp3) is 0.812. The average molecular weight is 483 g/mol. The minimum absolute atomic E-state index is 0.328. The molecule has 0 spiro atoms. The van der Waals surface area contributed by atoms with Gasteiger partial charge in [0.15, 0.2) is 0 Å². The van der Waals surface area contributed by atoms with Crippen LogP contribution in [0.2, 0.25) is 0 Å². The number of hydrogen-bond acceptors (Lipinski definition) is 3. The Kier molecular flexibility index (Phi) is 11.9. The van der Waals surface area contributed by atoms with Gasteiger partial charge in [-0.2, -0.15) is 0 Å². The Labute approximate surface area is 216 Å². The lowest BCUT2D eigenvalue weighted by Gasteiger charge is -2.47. The van der Waals surface area contributed by atoms with Crippen molar-refractivity contribution in [2.45, 2.75) is 102 Å². The molecule has 1 N–H and O–H groups in total. The largest absolute Gasteiger partial charge is 0.388 e. The van der Waals surface area contributed by atoms with Crippen LogP contribution < -0.4 is 0 Å². The van der Waals surface area contributed by atoms with Gasteiger partial charge in [0.25, 0.3) is 0 Å². The molecule has 5 rings (SSSR count). The number of nitrogens with zero attached hydrogens (tertiary/aromatic N) is 2. The van der Waals surface area contributed by atoms with Gasteiger partial charge in [-0.05, 0) is 94.4 Å². The van der Waals surface area contributed by atoms with Crippen LogP contribution in [0.3, 0.4) is 0 Å². The highest BCUT2D eigenvalue weighted by molar-refractivity contribution is 4.98. The van der Waals surface area contributed by atoms with E-state index >= 15 is 0 Å². The van der Waals surface area contributed by atoms with E-state index in [0.717, 1.165) is 36.6 Å². The third-order valence-corrected chi connectivity index (χ3v) is 9.33. The number of fused-ring (bicyclic) bond motifs is 10. The Morgan fingerprint density at radius 1 is 0.571 bits per heavy atom. The zero-order valence-corrected chi connectivity index (χ0v) is 22.5. The second-order valence-corrected chi connectivity index (χ2v) is 12.2. The van der Waals surface area contributed by atoms with Gasteiger partial charge in [0.05, 0.1) is 6.10 Å². The number of rotatable bonds is 0. The van der Waals surface area contributed by atoms with E-state index in [9.17, 15) is 5.11 Å². The molecule has 7 atom stereocenters. The third kappa shape index (κ3) is 9.48. The lowest BCUT2D eigenvalue weighted by atomic mass is 9.69. The van der Waals surface area contributed by atoms with Crippen molar-refractivity contribution >= 4 is 0 Å². The van der Waals surface area contributed by atoms with E-state index in [1.807, 2.05) is 0 Å². The summed E-state index contributed by atoms with van der Waals surface area (Å²) in [6.07, 6.45) is 33.4. The molecule has 0 saturated carbocycles. The van der Waals surface area contributed by atoms with E-state index in [0.29, 0.717) is 0 Å². The highest BCUT2D eigenvalue weighted by Crippen LogP contribution is 2.40. The Morgan fingerprint density at radius 3 is 2.23 bits per heavy atom. The second-order valence-electron chi connectivity index (χ2n) is 12.2. The van der Waals surface area contributed by atoms with Crippen LogP contribution in [0, 0.1) is 23.7 Å². The van der Waals surface area contributed by atoms with E-state index in [-0.39, 0.29) is 6.10 Å². The summed E-state index contributed by atoms with van der Waals surface area (Å²) in [7, 11) is 0. The van der Waals surface area contributed by atoms with Gasteiger partial charge in [-0.3, -0.25) is 4.90 Å². The van der Waals surface area contributed by atoms with Gasteiger partial charge in [0, 0.05) is 32.7 Å². The molecule has 5 aliphatic rings. The molecular weight excluding hydrogens is 428 g/mol. The molecule has 0 aromatic rings. The van der Waals surface area contributed by atoms with Crippen molar-refractivity contribution in [1.29, 1.82) is 0 Å².